The van der Waals surface area contributed by atoms with E-state index in [2.05, 4.69) is 0 Å². The van der Waals surface area contributed by atoms with Crippen LogP contribution < -0.4 is 0 Å². The lowest BCUT2D eigenvalue weighted by Gasteiger charge is -2.18. The number of nitrogens with zero attached hydrogens (tertiary/aromatic N) is 1. The van der Waals surface area contributed by atoms with Crippen molar-refractivity contribution in [3.63, 3.8) is 0 Å². The van der Waals surface area contributed by atoms with Crippen molar-refractivity contribution in [1.82, 2.24) is 4.47 Å². The summed E-state index contributed by atoms with van der Waals surface area (Å²) in [5, 5.41) is 0.519. The van der Waals surface area contributed by atoms with Crippen LogP contribution in [0.25, 0.3) is 0 Å². The van der Waals surface area contributed by atoms with Crippen LogP contribution in [0.5, 0.6) is 0 Å². The van der Waals surface area contributed by atoms with Crippen molar-refractivity contribution in [3.05, 3.63) is 27.2 Å². The van der Waals surface area contributed by atoms with Crippen molar-refractivity contribution < 1.29 is 13.3 Å². The van der Waals surface area contributed by atoms with Gasteiger partial charge in [-0.3, -0.25) is 4.84 Å². The largest absolute Gasteiger partial charge is 0.288 e. The Labute approximate surface area is 111 Å². The number of rotatable bonds is 3. The van der Waals surface area contributed by atoms with E-state index in [1.807, 2.05) is 0 Å². The minimum atomic E-state index is -3.80. The number of hydrogen-bond donors (Lipinski definition) is 0. The number of halogens is 2. The van der Waals surface area contributed by atoms with Gasteiger partial charge in [0.25, 0.3) is 10.0 Å². The van der Waals surface area contributed by atoms with Gasteiger partial charge in [-0.15, -0.1) is 0 Å². The average Bonchev–Trinajstić information content (AvgIpc) is 2.25. The highest BCUT2D eigenvalue weighted by molar-refractivity contribution is 7.89. The Morgan fingerprint density at radius 2 is 1.82 bits per heavy atom. The maximum absolute atomic E-state index is 12.2. The molecule has 0 aliphatic rings. The lowest BCUT2D eigenvalue weighted by Crippen LogP contribution is -2.27. The summed E-state index contributed by atoms with van der Waals surface area (Å²) in [7, 11) is -1.25. The standard InChI is InChI=1S/C10H13Cl2NO3S/c1-6-5-8(11)7(2)10(9(6)12)17(14,15)13(3)16-4/h5H,1-4H3. The average molecular weight is 298 g/mol. The molecule has 0 saturated heterocycles. The monoisotopic (exact) mass is 297 g/mol. The molecule has 0 bridgehead atoms. The molecular weight excluding hydrogens is 285 g/mol. The molecule has 0 aliphatic heterocycles. The number of hydrogen-bond acceptors (Lipinski definition) is 3. The summed E-state index contributed by atoms with van der Waals surface area (Å²) >= 11 is 12.0. The van der Waals surface area contributed by atoms with Gasteiger partial charge in [-0.05, 0) is 31.0 Å². The second kappa shape index (κ2) is 5.12. The van der Waals surface area contributed by atoms with E-state index < -0.39 is 10.0 Å². The van der Waals surface area contributed by atoms with Gasteiger partial charge in [0.05, 0.1) is 12.1 Å². The summed E-state index contributed by atoms with van der Waals surface area (Å²) < 4.78 is 25.1. The van der Waals surface area contributed by atoms with Gasteiger partial charge in [0.15, 0.2) is 0 Å². The fraction of sp³-hybridized carbons (Fsp3) is 0.400. The van der Waals surface area contributed by atoms with E-state index in [0.717, 1.165) is 4.47 Å². The van der Waals surface area contributed by atoms with Gasteiger partial charge in [0.2, 0.25) is 0 Å². The molecule has 0 unspecified atom stereocenters. The van der Waals surface area contributed by atoms with Crippen molar-refractivity contribution >= 4 is 33.2 Å². The third-order valence-corrected chi connectivity index (χ3v) is 5.29. The van der Waals surface area contributed by atoms with Gasteiger partial charge >= 0.3 is 0 Å². The highest BCUT2D eigenvalue weighted by Crippen LogP contribution is 2.34. The minimum absolute atomic E-state index is 0.0199. The van der Waals surface area contributed by atoms with Crippen LogP contribution in [0.3, 0.4) is 0 Å². The molecule has 0 radical (unpaired) electrons. The van der Waals surface area contributed by atoms with E-state index in [0.29, 0.717) is 16.1 Å². The molecule has 4 nitrogen and oxygen atoms in total. The van der Waals surface area contributed by atoms with Crippen molar-refractivity contribution in [2.45, 2.75) is 18.7 Å². The quantitative estimate of drug-likeness (QED) is 0.806. The summed E-state index contributed by atoms with van der Waals surface area (Å²) in [6.07, 6.45) is 0. The summed E-state index contributed by atoms with van der Waals surface area (Å²) in [6.45, 7) is 3.30. The molecular formula is C10H13Cl2NO3S. The smallest absolute Gasteiger partial charge is 0.266 e. The van der Waals surface area contributed by atoms with E-state index in [4.69, 9.17) is 28.0 Å². The van der Waals surface area contributed by atoms with E-state index in [1.165, 1.54) is 14.2 Å². The first-order valence-electron chi connectivity index (χ1n) is 4.71. The highest BCUT2D eigenvalue weighted by Gasteiger charge is 2.28. The molecule has 1 aromatic rings. The Morgan fingerprint density at radius 1 is 1.29 bits per heavy atom. The van der Waals surface area contributed by atoms with Gasteiger partial charge < -0.3 is 0 Å². The fourth-order valence-corrected chi connectivity index (χ4v) is 3.49. The lowest BCUT2D eigenvalue weighted by atomic mass is 10.2. The highest BCUT2D eigenvalue weighted by atomic mass is 35.5. The summed E-state index contributed by atoms with van der Waals surface area (Å²) in [5.41, 5.74) is 1.01. The number of aryl methyl sites for hydroxylation is 1. The predicted octanol–water partition coefficient (Wildman–Crippen LogP) is 2.79. The molecule has 7 heteroatoms. The molecule has 0 aromatic heterocycles. The second-order valence-electron chi connectivity index (χ2n) is 3.54. The molecule has 0 heterocycles. The third kappa shape index (κ3) is 2.58. The molecule has 17 heavy (non-hydrogen) atoms. The molecule has 0 fully saturated rings. The maximum atomic E-state index is 12.2. The van der Waals surface area contributed by atoms with Gasteiger partial charge in [0.1, 0.15) is 4.90 Å². The molecule has 1 aromatic carbocycles. The second-order valence-corrected chi connectivity index (χ2v) is 6.20. The lowest BCUT2D eigenvalue weighted by molar-refractivity contribution is -0.0258. The van der Waals surface area contributed by atoms with Crippen molar-refractivity contribution in [2.75, 3.05) is 14.2 Å². The van der Waals surface area contributed by atoms with E-state index in [-0.39, 0.29) is 9.92 Å². The summed E-state index contributed by atoms with van der Waals surface area (Å²) in [5.74, 6) is 0. The first-order valence-corrected chi connectivity index (χ1v) is 6.91. The van der Waals surface area contributed by atoms with Crippen LogP contribution >= 0.6 is 23.2 Å². The van der Waals surface area contributed by atoms with Crippen LogP contribution in [0.4, 0.5) is 0 Å². The Balaban J connectivity index is 3.62. The molecule has 1 rings (SSSR count). The van der Waals surface area contributed by atoms with Crippen molar-refractivity contribution in [2.24, 2.45) is 0 Å². The SMILES string of the molecule is CON(C)S(=O)(=O)c1c(C)c(Cl)cc(C)c1Cl. The first kappa shape index (κ1) is 14.7. The van der Waals surface area contributed by atoms with Crippen molar-refractivity contribution in [3.8, 4) is 0 Å². The number of sulfonamides is 1. The Morgan fingerprint density at radius 3 is 2.29 bits per heavy atom. The van der Waals surface area contributed by atoms with Crippen LogP contribution in [-0.4, -0.2) is 27.0 Å². The van der Waals surface area contributed by atoms with Gasteiger partial charge in [0, 0.05) is 12.1 Å². The molecule has 0 aliphatic carbocycles. The summed E-state index contributed by atoms with van der Waals surface area (Å²) in [6, 6.07) is 1.63. The topological polar surface area (TPSA) is 46.6 Å². The van der Waals surface area contributed by atoms with E-state index >= 15 is 0 Å². The molecule has 0 N–H and O–H groups in total. The Hall–Kier alpha value is -0.330. The molecule has 0 saturated carbocycles. The van der Waals surface area contributed by atoms with Crippen LogP contribution in [0.1, 0.15) is 11.1 Å². The Kier molecular flexibility index (Phi) is 4.43. The molecule has 0 atom stereocenters. The van der Waals surface area contributed by atoms with Crippen molar-refractivity contribution in [1.29, 1.82) is 0 Å². The van der Waals surface area contributed by atoms with E-state index in [9.17, 15) is 8.42 Å². The van der Waals surface area contributed by atoms with Crippen LogP contribution in [-0.2, 0) is 14.9 Å². The normalized spacial score (nSPS) is 12.2. The van der Waals surface area contributed by atoms with Crippen LogP contribution in [0.15, 0.2) is 11.0 Å². The van der Waals surface area contributed by atoms with E-state index in [1.54, 1.807) is 19.9 Å². The minimum Gasteiger partial charge on any atom is -0.288 e. The Bertz CT molecular complexity index is 517. The van der Waals surface area contributed by atoms with Gasteiger partial charge in [-0.1, -0.05) is 27.7 Å². The fourth-order valence-electron chi connectivity index (χ4n) is 1.35. The zero-order chi connectivity index (χ0) is 13.4. The zero-order valence-electron chi connectivity index (χ0n) is 9.91. The van der Waals surface area contributed by atoms with Gasteiger partial charge in [-0.2, -0.15) is 0 Å². The number of hydroxylamine groups is 1. The zero-order valence-corrected chi connectivity index (χ0v) is 12.2. The predicted molar refractivity (Wildman–Crippen MR) is 67.9 cm³/mol. The maximum Gasteiger partial charge on any atom is 0.266 e. The molecule has 0 amide bonds. The number of benzene rings is 1. The third-order valence-electron chi connectivity index (χ3n) is 2.44. The van der Waals surface area contributed by atoms with Crippen LogP contribution in [0, 0.1) is 13.8 Å². The van der Waals surface area contributed by atoms with Crippen LogP contribution in [0.2, 0.25) is 10.0 Å². The molecule has 0 spiro atoms. The summed E-state index contributed by atoms with van der Waals surface area (Å²) in [4.78, 5) is 4.68. The first-order chi connectivity index (χ1) is 7.73. The molecule has 96 valence electrons. The van der Waals surface area contributed by atoms with Gasteiger partial charge in [-0.25, -0.2) is 8.42 Å².